The molecule has 27 heavy (non-hydrogen) atoms. The first-order chi connectivity index (χ1) is 13.1. The highest BCUT2D eigenvalue weighted by Crippen LogP contribution is 2.17. The second-order valence-corrected chi connectivity index (χ2v) is 7.34. The molecule has 2 aromatic rings. The second kappa shape index (κ2) is 9.51. The number of pyridine rings is 1. The molecule has 0 spiro atoms. The fraction of sp³-hybridized carbons (Fsp3) is 0.381. The maximum Gasteiger partial charge on any atom is 0.270 e. The van der Waals surface area contributed by atoms with Crippen molar-refractivity contribution in [3.05, 3.63) is 64.4 Å². The molecular weight excluding hydrogens is 362 g/mol. The number of rotatable bonds is 5. The fourth-order valence-corrected chi connectivity index (χ4v) is 3.39. The van der Waals surface area contributed by atoms with Crippen molar-refractivity contribution in [3.8, 4) is 0 Å². The molecule has 1 aliphatic carbocycles. The number of nitrogens with one attached hydrogen (secondary N) is 2. The van der Waals surface area contributed by atoms with Crippen LogP contribution in [-0.2, 0) is 6.54 Å². The van der Waals surface area contributed by atoms with Gasteiger partial charge >= 0.3 is 0 Å². The molecule has 1 aliphatic rings. The molecule has 1 heterocycles. The van der Waals surface area contributed by atoms with Crippen molar-refractivity contribution in [3.63, 3.8) is 0 Å². The average molecular weight is 386 g/mol. The van der Waals surface area contributed by atoms with Gasteiger partial charge in [0.25, 0.3) is 11.8 Å². The summed E-state index contributed by atoms with van der Waals surface area (Å²) in [6.07, 6.45) is 8.26. The molecule has 0 unspecified atom stereocenters. The van der Waals surface area contributed by atoms with Crippen LogP contribution in [0.15, 0.2) is 42.6 Å². The first-order valence-electron chi connectivity index (χ1n) is 9.41. The van der Waals surface area contributed by atoms with Crippen molar-refractivity contribution in [2.75, 3.05) is 0 Å². The summed E-state index contributed by atoms with van der Waals surface area (Å²) in [6.45, 7) is 0.391. The number of carbonyl (C=O) groups is 2. The van der Waals surface area contributed by atoms with E-state index in [0.29, 0.717) is 17.1 Å². The van der Waals surface area contributed by atoms with Crippen LogP contribution in [0.25, 0.3) is 0 Å². The van der Waals surface area contributed by atoms with Gasteiger partial charge in [0.1, 0.15) is 5.69 Å². The van der Waals surface area contributed by atoms with Gasteiger partial charge in [0.05, 0.1) is 0 Å². The van der Waals surface area contributed by atoms with Crippen molar-refractivity contribution < 1.29 is 9.59 Å². The third-order valence-electron chi connectivity index (χ3n) is 4.81. The highest BCUT2D eigenvalue weighted by molar-refractivity contribution is 6.30. The minimum Gasteiger partial charge on any atom is -0.348 e. The summed E-state index contributed by atoms with van der Waals surface area (Å²) in [5.41, 5.74) is 1.65. The molecular formula is C21H24ClN3O2. The molecule has 0 radical (unpaired) electrons. The molecule has 6 heteroatoms. The monoisotopic (exact) mass is 385 g/mol. The van der Waals surface area contributed by atoms with E-state index in [1.807, 2.05) is 12.1 Å². The van der Waals surface area contributed by atoms with E-state index >= 15 is 0 Å². The van der Waals surface area contributed by atoms with Gasteiger partial charge in [-0.1, -0.05) is 49.4 Å². The third kappa shape index (κ3) is 5.79. The summed E-state index contributed by atoms with van der Waals surface area (Å²) in [5.74, 6) is -0.454. The number of carbonyl (C=O) groups excluding carboxylic acids is 2. The number of benzene rings is 1. The summed E-state index contributed by atoms with van der Waals surface area (Å²) in [5, 5.41) is 6.56. The van der Waals surface area contributed by atoms with E-state index in [1.165, 1.54) is 19.0 Å². The van der Waals surface area contributed by atoms with E-state index in [9.17, 15) is 9.59 Å². The van der Waals surface area contributed by atoms with Crippen molar-refractivity contribution in [1.29, 1.82) is 0 Å². The van der Waals surface area contributed by atoms with Crippen LogP contribution in [0.1, 0.15) is 64.9 Å². The van der Waals surface area contributed by atoms with Crippen LogP contribution in [0.2, 0.25) is 5.02 Å². The lowest BCUT2D eigenvalue weighted by Crippen LogP contribution is -2.35. The minimum absolute atomic E-state index is 0.198. The zero-order chi connectivity index (χ0) is 19.1. The molecule has 0 bridgehead atoms. The second-order valence-electron chi connectivity index (χ2n) is 6.90. The molecule has 1 saturated carbocycles. The maximum absolute atomic E-state index is 12.5. The van der Waals surface area contributed by atoms with Crippen molar-refractivity contribution in [1.82, 2.24) is 15.6 Å². The van der Waals surface area contributed by atoms with Crippen LogP contribution in [0.4, 0.5) is 0 Å². The maximum atomic E-state index is 12.5. The highest BCUT2D eigenvalue weighted by atomic mass is 35.5. The van der Waals surface area contributed by atoms with E-state index in [0.717, 1.165) is 31.2 Å². The lowest BCUT2D eigenvalue weighted by molar-refractivity contribution is 0.0928. The van der Waals surface area contributed by atoms with Gasteiger partial charge in [-0.15, -0.1) is 0 Å². The summed E-state index contributed by atoms with van der Waals surface area (Å²) >= 11 is 5.86. The van der Waals surface area contributed by atoms with Gasteiger partial charge < -0.3 is 10.6 Å². The largest absolute Gasteiger partial charge is 0.348 e. The number of halogens is 1. The molecule has 1 aromatic heterocycles. The van der Waals surface area contributed by atoms with Gasteiger partial charge in [-0.25, -0.2) is 0 Å². The Labute approximate surface area is 164 Å². The molecule has 0 atom stereocenters. The Morgan fingerprint density at radius 1 is 1.00 bits per heavy atom. The number of nitrogens with zero attached hydrogens (tertiary/aromatic N) is 1. The topological polar surface area (TPSA) is 71.1 Å². The van der Waals surface area contributed by atoms with Crippen LogP contribution in [-0.4, -0.2) is 22.8 Å². The van der Waals surface area contributed by atoms with E-state index in [2.05, 4.69) is 15.6 Å². The Hall–Kier alpha value is -2.40. The standard InChI is InChI=1S/C21H24ClN3O2/c22-17-9-7-15(8-10-17)14-24-20(26)16-11-12-23-19(13-16)21(27)25-18-5-3-1-2-4-6-18/h7-13,18H,1-6,14H2,(H,24,26)(H,25,27). The SMILES string of the molecule is O=C(NCc1ccc(Cl)cc1)c1ccnc(C(=O)NC2CCCCCC2)c1. The minimum atomic E-state index is -0.240. The molecule has 3 rings (SSSR count). The Morgan fingerprint density at radius 2 is 1.70 bits per heavy atom. The summed E-state index contributed by atoms with van der Waals surface area (Å²) in [6, 6.07) is 10.6. The zero-order valence-corrected chi connectivity index (χ0v) is 16.0. The fourth-order valence-electron chi connectivity index (χ4n) is 3.27. The molecule has 5 nitrogen and oxygen atoms in total. The van der Waals surface area contributed by atoms with E-state index < -0.39 is 0 Å². The number of hydrogen-bond donors (Lipinski definition) is 2. The number of amides is 2. The number of aromatic nitrogens is 1. The average Bonchev–Trinajstić information content (AvgIpc) is 2.96. The lowest BCUT2D eigenvalue weighted by atomic mass is 10.1. The van der Waals surface area contributed by atoms with Crippen LogP contribution >= 0.6 is 11.6 Å². The smallest absolute Gasteiger partial charge is 0.270 e. The van der Waals surface area contributed by atoms with Gasteiger partial charge in [0.15, 0.2) is 0 Å². The van der Waals surface area contributed by atoms with Gasteiger partial charge in [-0.3, -0.25) is 14.6 Å². The summed E-state index contributed by atoms with van der Waals surface area (Å²) < 4.78 is 0. The predicted molar refractivity (Wildman–Crippen MR) is 106 cm³/mol. The molecule has 0 aliphatic heterocycles. The Morgan fingerprint density at radius 3 is 2.41 bits per heavy atom. The van der Waals surface area contributed by atoms with Gasteiger partial charge in [0, 0.05) is 29.4 Å². The molecule has 1 fully saturated rings. The zero-order valence-electron chi connectivity index (χ0n) is 15.2. The Kier molecular flexibility index (Phi) is 6.82. The first kappa shape index (κ1) is 19.4. The predicted octanol–water partition coefficient (Wildman–Crippen LogP) is 4.12. The summed E-state index contributed by atoms with van der Waals surface area (Å²) in [7, 11) is 0. The first-order valence-corrected chi connectivity index (χ1v) is 9.79. The Balaban J connectivity index is 1.59. The number of hydrogen-bond acceptors (Lipinski definition) is 3. The third-order valence-corrected chi connectivity index (χ3v) is 5.06. The van der Waals surface area contributed by atoms with E-state index in [1.54, 1.807) is 24.3 Å². The lowest BCUT2D eigenvalue weighted by Gasteiger charge is -2.16. The molecule has 1 aromatic carbocycles. The highest BCUT2D eigenvalue weighted by Gasteiger charge is 2.17. The van der Waals surface area contributed by atoms with Crippen LogP contribution < -0.4 is 10.6 Å². The normalized spacial score (nSPS) is 15.0. The van der Waals surface area contributed by atoms with Crippen molar-refractivity contribution >= 4 is 23.4 Å². The van der Waals surface area contributed by atoms with Crippen molar-refractivity contribution in [2.45, 2.75) is 51.1 Å². The van der Waals surface area contributed by atoms with Crippen LogP contribution in [0, 0.1) is 0 Å². The quantitative estimate of drug-likeness (QED) is 0.760. The molecule has 142 valence electrons. The summed E-state index contributed by atoms with van der Waals surface area (Å²) in [4.78, 5) is 29.0. The van der Waals surface area contributed by atoms with Gasteiger partial charge in [0.2, 0.25) is 0 Å². The Bertz CT molecular complexity index is 784. The van der Waals surface area contributed by atoms with E-state index in [4.69, 9.17) is 11.6 Å². The van der Waals surface area contributed by atoms with Crippen LogP contribution in [0.5, 0.6) is 0 Å². The molecule has 0 saturated heterocycles. The molecule has 2 amide bonds. The van der Waals surface area contributed by atoms with E-state index in [-0.39, 0.29) is 23.6 Å². The van der Waals surface area contributed by atoms with Gasteiger partial charge in [-0.05, 0) is 42.7 Å². The molecule has 2 N–H and O–H groups in total. The van der Waals surface area contributed by atoms with Gasteiger partial charge in [-0.2, -0.15) is 0 Å². The van der Waals surface area contributed by atoms with Crippen LogP contribution in [0.3, 0.4) is 0 Å². The van der Waals surface area contributed by atoms with Crippen molar-refractivity contribution in [2.24, 2.45) is 0 Å².